The number of halogens is 3. The highest BCUT2D eigenvalue weighted by molar-refractivity contribution is 5.07. The first kappa shape index (κ1) is 10.6. The second-order valence-electron chi connectivity index (χ2n) is 3.67. The molecule has 13 heavy (non-hydrogen) atoms. The van der Waals surface area contributed by atoms with Crippen LogP contribution in [0.4, 0.5) is 13.2 Å². The number of nitrogens with two attached hydrogens (primary N) is 1. The fourth-order valence-corrected chi connectivity index (χ4v) is 1.64. The summed E-state index contributed by atoms with van der Waals surface area (Å²) >= 11 is 0. The number of alkyl halides is 3. The third kappa shape index (κ3) is 3.81. The van der Waals surface area contributed by atoms with Gasteiger partial charge >= 0.3 is 6.18 Å². The molecule has 1 saturated carbocycles. The highest BCUT2D eigenvalue weighted by Crippen LogP contribution is 2.28. The van der Waals surface area contributed by atoms with E-state index in [9.17, 15) is 13.2 Å². The maximum atomic E-state index is 11.8. The minimum absolute atomic E-state index is 0.262. The molecule has 0 aromatic rings. The van der Waals surface area contributed by atoms with E-state index in [4.69, 9.17) is 5.73 Å². The maximum Gasteiger partial charge on any atom is 0.409 e. The second kappa shape index (κ2) is 3.70. The topological polar surface area (TPSA) is 26.0 Å². The molecule has 0 aromatic heterocycles. The van der Waals surface area contributed by atoms with Gasteiger partial charge in [0.05, 0.1) is 0 Å². The SMILES string of the molecule is NC1(/C=C/C(F)(F)F)CCCCC1. The van der Waals surface area contributed by atoms with Crippen LogP contribution in [0, 0.1) is 0 Å². The van der Waals surface area contributed by atoms with Crippen LogP contribution < -0.4 is 5.73 Å². The lowest BCUT2D eigenvalue weighted by Crippen LogP contribution is -2.39. The van der Waals surface area contributed by atoms with Crippen LogP contribution >= 0.6 is 0 Å². The fraction of sp³-hybridized carbons (Fsp3) is 0.778. The van der Waals surface area contributed by atoms with Crippen LogP contribution in [0.3, 0.4) is 0 Å². The van der Waals surface area contributed by atoms with Crippen LogP contribution in [0.5, 0.6) is 0 Å². The van der Waals surface area contributed by atoms with Gasteiger partial charge in [-0.2, -0.15) is 13.2 Å². The van der Waals surface area contributed by atoms with Gasteiger partial charge in [0, 0.05) is 11.6 Å². The molecule has 0 saturated heterocycles. The quantitative estimate of drug-likeness (QED) is 0.636. The number of hydrogen-bond donors (Lipinski definition) is 1. The number of allylic oxidation sites excluding steroid dienone is 1. The number of rotatable bonds is 1. The monoisotopic (exact) mass is 193 g/mol. The third-order valence-electron chi connectivity index (χ3n) is 2.39. The zero-order valence-corrected chi connectivity index (χ0v) is 7.40. The van der Waals surface area contributed by atoms with E-state index in [0.29, 0.717) is 12.8 Å². The minimum atomic E-state index is -4.23. The van der Waals surface area contributed by atoms with Gasteiger partial charge in [0.2, 0.25) is 0 Å². The molecule has 0 bridgehead atoms. The van der Waals surface area contributed by atoms with E-state index in [1.807, 2.05) is 0 Å². The van der Waals surface area contributed by atoms with E-state index in [-0.39, 0.29) is 6.08 Å². The predicted octanol–water partition coefficient (Wildman–Crippen LogP) is 2.77. The van der Waals surface area contributed by atoms with E-state index in [1.54, 1.807) is 0 Å². The molecule has 0 atom stereocenters. The van der Waals surface area contributed by atoms with E-state index in [0.717, 1.165) is 25.3 Å². The van der Waals surface area contributed by atoms with Gasteiger partial charge in [-0.3, -0.25) is 0 Å². The van der Waals surface area contributed by atoms with Crippen molar-refractivity contribution in [2.24, 2.45) is 5.73 Å². The third-order valence-corrected chi connectivity index (χ3v) is 2.39. The molecule has 1 rings (SSSR count). The Morgan fingerprint density at radius 2 is 1.62 bits per heavy atom. The van der Waals surface area contributed by atoms with Crippen molar-refractivity contribution in [3.8, 4) is 0 Å². The molecule has 1 aliphatic carbocycles. The molecule has 1 fully saturated rings. The summed E-state index contributed by atoms with van der Waals surface area (Å²) in [6, 6.07) is 0. The molecule has 76 valence electrons. The molecule has 1 aliphatic rings. The van der Waals surface area contributed by atoms with Gasteiger partial charge in [-0.25, -0.2) is 0 Å². The molecule has 0 spiro atoms. The fourth-order valence-electron chi connectivity index (χ4n) is 1.64. The van der Waals surface area contributed by atoms with Crippen molar-refractivity contribution in [3.63, 3.8) is 0 Å². The molecule has 0 amide bonds. The van der Waals surface area contributed by atoms with E-state index in [1.165, 1.54) is 0 Å². The average Bonchev–Trinajstić information content (AvgIpc) is 2.02. The number of hydrogen-bond acceptors (Lipinski definition) is 1. The molecule has 0 unspecified atom stereocenters. The zero-order valence-electron chi connectivity index (χ0n) is 7.40. The smallest absolute Gasteiger partial charge is 0.322 e. The Morgan fingerprint density at radius 1 is 1.08 bits per heavy atom. The lowest BCUT2D eigenvalue weighted by molar-refractivity contribution is -0.0804. The summed E-state index contributed by atoms with van der Waals surface area (Å²) in [5.74, 6) is 0. The molecule has 0 heterocycles. The normalized spacial score (nSPS) is 23.7. The highest BCUT2D eigenvalue weighted by Gasteiger charge is 2.28. The van der Waals surface area contributed by atoms with Crippen LogP contribution in [-0.2, 0) is 0 Å². The molecule has 0 aromatic carbocycles. The minimum Gasteiger partial charge on any atom is -0.322 e. The first-order valence-corrected chi connectivity index (χ1v) is 4.47. The summed E-state index contributed by atoms with van der Waals surface area (Å²) < 4.78 is 35.5. The van der Waals surface area contributed by atoms with Crippen LogP contribution in [0.2, 0.25) is 0 Å². The first-order chi connectivity index (χ1) is 5.91. The van der Waals surface area contributed by atoms with E-state index in [2.05, 4.69) is 0 Å². The van der Waals surface area contributed by atoms with Gasteiger partial charge in [-0.15, -0.1) is 0 Å². The zero-order chi connectivity index (χ0) is 9.95. The highest BCUT2D eigenvalue weighted by atomic mass is 19.4. The van der Waals surface area contributed by atoms with Crippen molar-refractivity contribution in [1.82, 2.24) is 0 Å². The Bertz CT molecular complexity index is 190. The van der Waals surface area contributed by atoms with Crippen molar-refractivity contribution in [2.75, 3.05) is 0 Å². The van der Waals surface area contributed by atoms with Crippen LogP contribution in [0.25, 0.3) is 0 Å². The molecule has 4 heteroatoms. The van der Waals surface area contributed by atoms with Crippen LogP contribution in [0.15, 0.2) is 12.2 Å². The Balaban J connectivity index is 2.55. The largest absolute Gasteiger partial charge is 0.409 e. The van der Waals surface area contributed by atoms with Gasteiger partial charge in [0.1, 0.15) is 0 Å². The van der Waals surface area contributed by atoms with Crippen LogP contribution in [0.1, 0.15) is 32.1 Å². The van der Waals surface area contributed by atoms with Crippen LogP contribution in [-0.4, -0.2) is 11.7 Å². The summed E-state index contributed by atoms with van der Waals surface area (Å²) in [4.78, 5) is 0. The predicted molar refractivity (Wildman–Crippen MR) is 45.2 cm³/mol. The second-order valence-corrected chi connectivity index (χ2v) is 3.67. The molecular weight excluding hydrogens is 179 g/mol. The van der Waals surface area contributed by atoms with E-state index < -0.39 is 11.7 Å². The van der Waals surface area contributed by atoms with Gasteiger partial charge in [-0.1, -0.05) is 25.3 Å². The summed E-state index contributed by atoms with van der Waals surface area (Å²) in [6.45, 7) is 0. The van der Waals surface area contributed by atoms with Gasteiger partial charge in [0.15, 0.2) is 0 Å². The van der Waals surface area contributed by atoms with Crippen molar-refractivity contribution < 1.29 is 13.2 Å². The Labute approximate surface area is 75.8 Å². The summed E-state index contributed by atoms with van der Waals surface area (Å²) in [5, 5.41) is 0. The van der Waals surface area contributed by atoms with Crippen molar-refractivity contribution in [3.05, 3.63) is 12.2 Å². The lowest BCUT2D eigenvalue weighted by Gasteiger charge is -2.30. The molecule has 1 nitrogen and oxygen atoms in total. The standard InChI is InChI=1S/C9H14F3N/c10-9(11,12)7-6-8(13)4-2-1-3-5-8/h6-7H,1-5,13H2/b7-6+. The molecular formula is C9H14F3N. The van der Waals surface area contributed by atoms with Gasteiger partial charge in [0.25, 0.3) is 0 Å². The van der Waals surface area contributed by atoms with Gasteiger partial charge < -0.3 is 5.73 Å². The van der Waals surface area contributed by atoms with Crippen molar-refractivity contribution >= 4 is 0 Å². The van der Waals surface area contributed by atoms with Gasteiger partial charge in [-0.05, 0) is 12.8 Å². The summed E-state index contributed by atoms with van der Waals surface area (Å²) in [6.07, 6.45) is 1.42. The van der Waals surface area contributed by atoms with Crippen molar-refractivity contribution in [1.29, 1.82) is 0 Å². The average molecular weight is 193 g/mol. The Kier molecular flexibility index (Phi) is 3.01. The summed E-state index contributed by atoms with van der Waals surface area (Å²) in [5.41, 5.74) is 5.06. The maximum absolute atomic E-state index is 11.8. The Morgan fingerprint density at radius 3 is 2.08 bits per heavy atom. The lowest BCUT2D eigenvalue weighted by atomic mass is 9.82. The first-order valence-electron chi connectivity index (χ1n) is 4.47. The Hall–Kier alpha value is -0.510. The molecule has 2 N–H and O–H groups in total. The van der Waals surface area contributed by atoms with Crippen molar-refractivity contribution in [2.45, 2.75) is 43.8 Å². The molecule has 0 radical (unpaired) electrons. The molecule has 0 aliphatic heterocycles. The summed E-state index contributed by atoms with van der Waals surface area (Å²) in [7, 11) is 0. The van der Waals surface area contributed by atoms with E-state index >= 15 is 0 Å².